The van der Waals surface area contributed by atoms with Crippen LogP contribution in [0.25, 0.3) is 0 Å². The van der Waals surface area contributed by atoms with Gasteiger partial charge in [-0.05, 0) is 84.8 Å². The van der Waals surface area contributed by atoms with Crippen LogP contribution in [0, 0.1) is 0 Å². The van der Waals surface area contributed by atoms with E-state index in [4.69, 9.17) is 4.74 Å². The molecule has 5 heteroatoms. The lowest BCUT2D eigenvalue weighted by Gasteiger charge is -2.18. The van der Waals surface area contributed by atoms with Gasteiger partial charge in [0.2, 0.25) is 0 Å². The van der Waals surface area contributed by atoms with Crippen molar-refractivity contribution in [2.45, 2.75) is 186 Å². The van der Waals surface area contributed by atoms with Crippen molar-refractivity contribution in [1.29, 1.82) is 0 Å². The third-order valence-electron chi connectivity index (χ3n) is 8.21. The zero-order chi connectivity index (χ0) is 30.9. The van der Waals surface area contributed by atoms with Crippen molar-refractivity contribution in [3.8, 4) is 0 Å². The Hall–Kier alpha value is -1.36. The SMILES string of the molecule is CCCCCCCCCC(CCCCCCCCCC/C=C\CCCCCCCC(=O)OC)OC(=O)CCCN(C)C. The summed E-state index contributed by atoms with van der Waals surface area (Å²) in [5.41, 5.74) is 0. The zero-order valence-corrected chi connectivity index (χ0v) is 28.6. The van der Waals surface area contributed by atoms with Gasteiger partial charge in [0.1, 0.15) is 6.10 Å². The summed E-state index contributed by atoms with van der Waals surface area (Å²) in [6.45, 7) is 3.21. The average molecular weight is 594 g/mol. The number of nitrogens with zero attached hydrogens (tertiary/aromatic N) is 1. The van der Waals surface area contributed by atoms with E-state index in [9.17, 15) is 9.59 Å². The first-order valence-corrected chi connectivity index (χ1v) is 18.1. The van der Waals surface area contributed by atoms with Crippen molar-refractivity contribution in [3.63, 3.8) is 0 Å². The van der Waals surface area contributed by atoms with Gasteiger partial charge in [-0.1, -0.05) is 115 Å². The smallest absolute Gasteiger partial charge is 0.306 e. The minimum atomic E-state index is -0.0849. The summed E-state index contributed by atoms with van der Waals surface area (Å²) in [5.74, 6) is -0.0815. The molecule has 1 atom stereocenters. The third-order valence-corrected chi connectivity index (χ3v) is 8.21. The quantitative estimate of drug-likeness (QED) is 0.0441. The molecule has 0 aromatic heterocycles. The lowest BCUT2D eigenvalue weighted by atomic mass is 10.0. The minimum absolute atomic E-state index is 0.00344. The molecule has 0 heterocycles. The molecule has 0 N–H and O–H groups in total. The van der Waals surface area contributed by atoms with Crippen LogP contribution in [-0.4, -0.2) is 50.7 Å². The molecule has 0 spiro atoms. The van der Waals surface area contributed by atoms with Gasteiger partial charge >= 0.3 is 11.9 Å². The van der Waals surface area contributed by atoms with Gasteiger partial charge in [-0.25, -0.2) is 0 Å². The average Bonchev–Trinajstić information content (AvgIpc) is 2.97. The maximum Gasteiger partial charge on any atom is 0.306 e. The summed E-state index contributed by atoms with van der Waals surface area (Å²) < 4.78 is 10.6. The number of unbranched alkanes of at least 4 members (excludes halogenated alkanes) is 19. The standard InChI is InChI=1S/C37H71NO4/c1-5-6-7-8-20-23-26-30-35(42-37(40)33-29-34-38(2)3)31-27-24-21-18-16-14-12-10-9-11-13-15-17-19-22-25-28-32-36(39)41-4/h11,13,35H,5-10,12,14-34H2,1-4H3/b13-11-. The Morgan fingerprint density at radius 3 is 1.48 bits per heavy atom. The van der Waals surface area contributed by atoms with Crippen molar-refractivity contribution < 1.29 is 19.1 Å². The Kier molecular flexibility index (Phi) is 31.5. The molecule has 0 bridgehead atoms. The van der Waals surface area contributed by atoms with Gasteiger partial charge in [-0.2, -0.15) is 0 Å². The summed E-state index contributed by atoms with van der Waals surface area (Å²) in [4.78, 5) is 25.6. The Bertz CT molecular complexity index is 619. The van der Waals surface area contributed by atoms with E-state index >= 15 is 0 Å². The Balaban J connectivity index is 3.78. The molecule has 5 nitrogen and oxygen atoms in total. The van der Waals surface area contributed by atoms with Gasteiger partial charge < -0.3 is 14.4 Å². The maximum atomic E-state index is 12.4. The van der Waals surface area contributed by atoms with Gasteiger partial charge in [0.15, 0.2) is 0 Å². The van der Waals surface area contributed by atoms with Crippen LogP contribution in [0.15, 0.2) is 12.2 Å². The van der Waals surface area contributed by atoms with Gasteiger partial charge in [0.25, 0.3) is 0 Å². The van der Waals surface area contributed by atoms with Crippen LogP contribution in [0.3, 0.4) is 0 Å². The summed E-state index contributed by atoms with van der Waals surface area (Å²) >= 11 is 0. The maximum absolute atomic E-state index is 12.4. The number of rotatable bonds is 32. The fourth-order valence-corrected chi connectivity index (χ4v) is 5.47. The predicted octanol–water partition coefficient (Wildman–Crippen LogP) is 10.7. The van der Waals surface area contributed by atoms with E-state index in [1.165, 1.54) is 136 Å². The van der Waals surface area contributed by atoms with Crippen molar-refractivity contribution >= 4 is 11.9 Å². The second kappa shape index (κ2) is 32.6. The molecule has 0 amide bonds. The zero-order valence-electron chi connectivity index (χ0n) is 28.6. The highest BCUT2D eigenvalue weighted by Crippen LogP contribution is 2.18. The minimum Gasteiger partial charge on any atom is -0.469 e. The highest BCUT2D eigenvalue weighted by atomic mass is 16.5. The first-order chi connectivity index (χ1) is 20.5. The molecule has 1 unspecified atom stereocenters. The van der Waals surface area contributed by atoms with Gasteiger partial charge in [-0.3, -0.25) is 9.59 Å². The second-order valence-corrected chi connectivity index (χ2v) is 12.7. The Labute approximate surface area is 261 Å². The lowest BCUT2D eigenvalue weighted by Crippen LogP contribution is -2.20. The molecular weight excluding hydrogens is 522 g/mol. The van der Waals surface area contributed by atoms with Crippen LogP contribution < -0.4 is 0 Å². The first-order valence-electron chi connectivity index (χ1n) is 18.1. The van der Waals surface area contributed by atoms with Crippen LogP contribution in [0.5, 0.6) is 0 Å². The van der Waals surface area contributed by atoms with E-state index in [2.05, 4.69) is 42.8 Å². The Morgan fingerprint density at radius 1 is 0.571 bits per heavy atom. The number of carbonyl (C=O) groups excluding carboxylic acids is 2. The molecule has 248 valence electrons. The highest BCUT2D eigenvalue weighted by molar-refractivity contribution is 5.69. The predicted molar refractivity (Wildman–Crippen MR) is 180 cm³/mol. The van der Waals surface area contributed by atoms with Crippen LogP contribution in [0.1, 0.15) is 180 Å². The van der Waals surface area contributed by atoms with E-state index in [1.807, 2.05) is 0 Å². The van der Waals surface area contributed by atoms with Crippen molar-refractivity contribution in [2.24, 2.45) is 0 Å². The van der Waals surface area contributed by atoms with Crippen LogP contribution in [0.2, 0.25) is 0 Å². The number of esters is 2. The first kappa shape index (κ1) is 40.6. The van der Waals surface area contributed by atoms with E-state index in [0.29, 0.717) is 12.8 Å². The highest BCUT2D eigenvalue weighted by Gasteiger charge is 2.14. The van der Waals surface area contributed by atoms with E-state index in [-0.39, 0.29) is 18.0 Å². The summed E-state index contributed by atoms with van der Waals surface area (Å²) in [6.07, 6.45) is 36.7. The van der Waals surface area contributed by atoms with Gasteiger partial charge in [0, 0.05) is 12.8 Å². The largest absolute Gasteiger partial charge is 0.469 e. The molecule has 0 aliphatic carbocycles. The summed E-state index contributed by atoms with van der Waals surface area (Å²) in [6, 6.07) is 0. The number of ether oxygens (including phenoxy) is 2. The molecule has 42 heavy (non-hydrogen) atoms. The molecule has 0 radical (unpaired) electrons. The number of hydrogen-bond donors (Lipinski definition) is 0. The number of hydrogen-bond acceptors (Lipinski definition) is 5. The third kappa shape index (κ3) is 31.6. The van der Waals surface area contributed by atoms with Crippen LogP contribution in [-0.2, 0) is 19.1 Å². The van der Waals surface area contributed by atoms with E-state index in [0.717, 1.165) is 38.6 Å². The fourth-order valence-electron chi connectivity index (χ4n) is 5.47. The topological polar surface area (TPSA) is 55.8 Å². The summed E-state index contributed by atoms with van der Waals surface area (Å²) in [7, 11) is 5.57. The molecule has 0 saturated carbocycles. The normalized spacial score (nSPS) is 12.3. The number of methoxy groups -OCH3 is 1. The molecule has 0 aromatic rings. The molecule has 0 aromatic carbocycles. The molecular formula is C37H71NO4. The number of allylic oxidation sites excluding steroid dienone is 2. The monoisotopic (exact) mass is 594 g/mol. The van der Waals surface area contributed by atoms with Crippen LogP contribution >= 0.6 is 0 Å². The summed E-state index contributed by atoms with van der Waals surface area (Å²) in [5, 5.41) is 0. The van der Waals surface area contributed by atoms with E-state index < -0.39 is 0 Å². The molecule has 0 fully saturated rings. The molecule has 0 rings (SSSR count). The van der Waals surface area contributed by atoms with Crippen molar-refractivity contribution in [2.75, 3.05) is 27.7 Å². The van der Waals surface area contributed by atoms with E-state index in [1.54, 1.807) is 0 Å². The second-order valence-electron chi connectivity index (χ2n) is 12.7. The molecule has 0 aliphatic heterocycles. The lowest BCUT2D eigenvalue weighted by molar-refractivity contribution is -0.150. The number of carbonyl (C=O) groups is 2. The molecule has 0 aliphatic rings. The Morgan fingerprint density at radius 2 is 1.00 bits per heavy atom. The van der Waals surface area contributed by atoms with Crippen LogP contribution in [0.4, 0.5) is 0 Å². The molecule has 0 saturated heterocycles. The van der Waals surface area contributed by atoms with Crippen molar-refractivity contribution in [1.82, 2.24) is 4.90 Å². The van der Waals surface area contributed by atoms with Gasteiger partial charge in [-0.15, -0.1) is 0 Å². The fraction of sp³-hybridized carbons (Fsp3) is 0.892. The van der Waals surface area contributed by atoms with Crippen molar-refractivity contribution in [3.05, 3.63) is 12.2 Å². The van der Waals surface area contributed by atoms with Gasteiger partial charge in [0.05, 0.1) is 7.11 Å².